The lowest BCUT2D eigenvalue weighted by Gasteiger charge is -2.15. The van der Waals surface area contributed by atoms with Crippen LogP contribution in [0.2, 0.25) is 10.0 Å². The molecular formula is C24H19Cl2N3O2. The lowest BCUT2D eigenvalue weighted by atomic mass is 10.0. The van der Waals surface area contributed by atoms with Gasteiger partial charge in [-0.15, -0.1) is 0 Å². The Morgan fingerprint density at radius 1 is 0.968 bits per heavy atom. The summed E-state index contributed by atoms with van der Waals surface area (Å²) in [7, 11) is 0. The van der Waals surface area contributed by atoms with Crippen molar-refractivity contribution >= 4 is 46.3 Å². The third-order valence-electron chi connectivity index (χ3n) is 5.07. The Balaban J connectivity index is 1.81. The van der Waals surface area contributed by atoms with Crippen LogP contribution in [-0.4, -0.2) is 21.7 Å². The predicted octanol–water partition coefficient (Wildman–Crippen LogP) is 5.40. The Morgan fingerprint density at radius 2 is 1.77 bits per heavy atom. The number of benzene rings is 2. The smallest absolute Gasteiger partial charge is 0.278 e. The highest BCUT2D eigenvalue weighted by Gasteiger charge is 2.40. The normalized spacial score (nSPS) is 13.9. The first kappa shape index (κ1) is 21.1. The highest BCUT2D eigenvalue weighted by atomic mass is 35.5. The first-order valence-corrected chi connectivity index (χ1v) is 10.4. The second-order valence-electron chi connectivity index (χ2n) is 7.34. The van der Waals surface area contributed by atoms with Crippen molar-refractivity contribution in [3.05, 3.63) is 98.9 Å². The minimum atomic E-state index is -0.437. The lowest BCUT2D eigenvalue weighted by molar-refractivity contribution is -0.137. The molecule has 4 rings (SSSR count). The zero-order valence-electron chi connectivity index (χ0n) is 16.9. The van der Waals surface area contributed by atoms with Crippen molar-refractivity contribution in [1.29, 1.82) is 0 Å². The molecule has 0 atom stereocenters. The van der Waals surface area contributed by atoms with Crippen LogP contribution in [0.4, 0.5) is 5.69 Å². The van der Waals surface area contributed by atoms with Crippen molar-refractivity contribution in [3.8, 4) is 0 Å². The van der Waals surface area contributed by atoms with Crippen LogP contribution in [0.5, 0.6) is 0 Å². The average Bonchev–Trinajstić information content (AvgIpc) is 2.96. The highest BCUT2D eigenvalue weighted by Crippen LogP contribution is 2.36. The van der Waals surface area contributed by atoms with Gasteiger partial charge < -0.3 is 5.32 Å². The molecule has 2 heterocycles. The Bertz CT molecular complexity index is 1220. The molecule has 2 amide bonds. The van der Waals surface area contributed by atoms with Gasteiger partial charge in [-0.05, 0) is 55.3 Å². The number of halogens is 2. The second kappa shape index (κ2) is 8.53. The van der Waals surface area contributed by atoms with Gasteiger partial charge in [0.25, 0.3) is 11.8 Å². The summed E-state index contributed by atoms with van der Waals surface area (Å²) < 4.78 is 0. The van der Waals surface area contributed by atoms with E-state index in [0.717, 1.165) is 16.8 Å². The molecule has 1 aliphatic heterocycles. The van der Waals surface area contributed by atoms with Crippen LogP contribution >= 0.6 is 23.2 Å². The number of aryl methyl sites for hydroxylation is 2. The van der Waals surface area contributed by atoms with Crippen LogP contribution in [-0.2, 0) is 16.1 Å². The van der Waals surface area contributed by atoms with Gasteiger partial charge in [-0.3, -0.25) is 19.5 Å². The zero-order valence-corrected chi connectivity index (χ0v) is 18.5. The van der Waals surface area contributed by atoms with Crippen LogP contribution < -0.4 is 5.32 Å². The minimum Gasteiger partial charge on any atom is -0.350 e. The SMILES string of the molecule is Cc1ccc(C)c(NC2=C(c3ccc(Cl)cc3Cl)C(=O)N(Cc3ccccn3)C2=O)c1. The lowest BCUT2D eigenvalue weighted by Crippen LogP contribution is -2.32. The van der Waals surface area contributed by atoms with Gasteiger partial charge in [0, 0.05) is 22.5 Å². The van der Waals surface area contributed by atoms with E-state index < -0.39 is 11.8 Å². The van der Waals surface area contributed by atoms with Crippen LogP contribution in [0.25, 0.3) is 5.57 Å². The molecule has 0 radical (unpaired) electrons. The van der Waals surface area contributed by atoms with Gasteiger partial charge in [0.05, 0.1) is 22.8 Å². The van der Waals surface area contributed by atoms with Crippen LogP contribution in [0.15, 0.2) is 66.5 Å². The Morgan fingerprint density at radius 3 is 2.48 bits per heavy atom. The molecule has 1 aliphatic rings. The quantitative estimate of drug-likeness (QED) is 0.527. The Kier molecular flexibility index (Phi) is 5.81. The van der Waals surface area contributed by atoms with E-state index in [1.54, 1.807) is 36.5 Å². The standard InChI is InChI=1S/C24H19Cl2N3O2/c1-14-6-7-15(2)20(11-14)28-22-21(18-9-8-16(25)12-19(18)26)23(30)29(24(22)31)13-17-5-3-4-10-27-17/h3-12,28H,13H2,1-2H3. The summed E-state index contributed by atoms with van der Waals surface area (Å²) in [6, 6.07) is 16.1. The fraction of sp³-hybridized carbons (Fsp3) is 0.125. The number of hydrogen-bond donors (Lipinski definition) is 1. The van der Waals surface area contributed by atoms with Crippen molar-refractivity contribution in [2.75, 3.05) is 5.32 Å². The molecule has 3 aromatic rings. The number of nitrogens with zero attached hydrogens (tertiary/aromatic N) is 2. The van der Waals surface area contributed by atoms with Crippen LogP contribution in [0.3, 0.4) is 0 Å². The topological polar surface area (TPSA) is 62.3 Å². The molecule has 0 bridgehead atoms. The van der Waals surface area contributed by atoms with Crippen molar-refractivity contribution in [1.82, 2.24) is 9.88 Å². The maximum absolute atomic E-state index is 13.4. The molecule has 7 heteroatoms. The van der Waals surface area contributed by atoms with Crippen molar-refractivity contribution in [2.24, 2.45) is 0 Å². The number of carbonyl (C=O) groups excluding carboxylic acids is 2. The van der Waals surface area contributed by atoms with Gasteiger partial charge in [-0.25, -0.2) is 0 Å². The van der Waals surface area contributed by atoms with Gasteiger partial charge in [-0.2, -0.15) is 0 Å². The van der Waals surface area contributed by atoms with Gasteiger partial charge in [0.15, 0.2) is 0 Å². The molecule has 31 heavy (non-hydrogen) atoms. The summed E-state index contributed by atoms with van der Waals surface area (Å²) >= 11 is 12.5. The van der Waals surface area contributed by atoms with Crippen LogP contribution in [0.1, 0.15) is 22.4 Å². The molecule has 1 aromatic heterocycles. The third-order valence-corrected chi connectivity index (χ3v) is 5.62. The number of rotatable bonds is 5. The van der Waals surface area contributed by atoms with E-state index >= 15 is 0 Å². The number of carbonyl (C=O) groups is 2. The summed E-state index contributed by atoms with van der Waals surface area (Å²) in [5.41, 5.74) is 4.17. The fourth-order valence-electron chi connectivity index (χ4n) is 3.44. The molecule has 0 fully saturated rings. The number of nitrogens with one attached hydrogen (secondary N) is 1. The van der Waals surface area contributed by atoms with Crippen molar-refractivity contribution < 1.29 is 9.59 Å². The molecular weight excluding hydrogens is 433 g/mol. The van der Waals surface area contributed by atoms with E-state index in [2.05, 4.69) is 10.3 Å². The van der Waals surface area contributed by atoms with E-state index in [-0.39, 0.29) is 17.8 Å². The molecule has 2 aromatic carbocycles. The molecule has 0 saturated carbocycles. The summed E-state index contributed by atoms with van der Waals surface area (Å²) in [5, 5.41) is 3.93. The minimum absolute atomic E-state index is 0.0607. The van der Waals surface area contributed by atoms with Gasteiger partial charge in [0.1, 0.15) is 5.70 Å². The van der Waals surface area contributed by atoms with Crippen molar-refractivity contribution in [2.45, 2.75) is 20.4 Å². The van der Waals surface area contributed by atoms with E-state index in [4.69, 9.17) is 23.2 Å². The number of hydrogen-bond acceptors (Lipinski definition) is 4. The number of imide groups is 1. The molecule has 0 unspecified atom stereocenters. The zero-order chi connectivity index (χ0) is 22.1. The molecule has 5 nitrogen and oxygen atoms in total. The molecule has 0 aliphatic carbocycles. The van der Waals surface area contributed by atoms with Gasteiger partial charge in [-0.1, -0.05) is 47.5 Å². The molecule has 1 N–H and O–H groups in total. The maximum atomic E-state index is 13.4. The predicted molar refractivity (Wildman–Crippen MR) is 123 cm³/mol. The first-order valence-electron chi connectivity index (χ1n) is 9.65. The maximum Gasteiger partial charge on any atom is 0.278 e. The summed E-state index contributed by atoms with van der Waals surface area (Å²) in [4.78, 5) is 32.2. The average molecular weight is 452 g/mol. The number of pyridine rings is 1. The van der Waals surface area contributed by atoms with Gasteiger partial charge in [0.2, 0.25) is 0 Å². The summed E-state index contributed by atoms with van der Waals surface area (Å²) in [6.07, 6.45) is 1.63. The Labute approximate surface area is 190 Å². The monoisotopic (exact) mass is 451 g/mol. The third kappa shape index (κ3) is 4.20. The fourth-order valence-corrected chi connectivity index (χ4v) is 3.94. The number of aromatic nitrogens is 1. The van der Waals surface area contributed by atoms with E-state index in [1.165, 1.54) is 4.90 Å². The molecule has 0 saturated heterocycles. The molecule has 156 valence electrons. The second-order valence-corrected chi connectivity index (χ2v) is 8.18. The summed E-state index contributed by atoms with van der Waals surface area (Å²) in [5.74, 6) is -0.870. The number of anilines is 1. The van der Waals surface area contributed by atoms with E-state index in [0.29, 0.717) is 21.3 Å². The van der Waals surface area contributed by atoms with Crippen LogP contribution in [0, 0.1) is 13.8 Å². The largest absolute Gasteiger partial charge is 0.350 e. The van der Waals surface area contributed by atoms with Crippen molar-refractivity contribution in [3.63, 3.8) is 0 Å². The summed E-state index contributed by atoms with van der Waals surface area (Å²) in [6.45, 7) is 3.96. The highest BCUT2D eigenvalue weighted by molar-refractivity contribution is 6.41. The van der Waals surface area contributed by atoms with Gasteiger partial charge >= 0.3 is 0 Å². The number of amides is 2. The van der Waals surface area contributed by atoms with E-state index in [1.807, 2.05) is 38.1 Å². The van der Waals surface area contributed by atoms with E-state index in [9.17, 15) is 9.59 Å². The first-order chi connectivity index (χ1) is 14.8. The molecule has 0 spiro atoms. The Hall–Kier alpha value is -3.15.